The third kappa shape index (κ3) is 8.00. The minimum atomic E-state index is -4.03. The van der Waals surface area contributed by atoms with Crippen LogP contribution in [0, 0.1) is 0 Å². The van der Waals surface area contributed by atoms with Gasteiger partial charge in [0.05, 0.1) is 22.2 Å². The lowest BCUT2D eigenvalue weighted by Gasteiger charge is -2.21. The Morgan fingerprint density at radius 1 is 0.826 bits per heavy atom. The zero-order chi connectivity index (χ0) is 32.7. The minimum Gasteiger partial charge on any atom is -0.457 e. The van der Waals surface area contributed by atoms with E-state index in [2.05, 4.69) is 10.0 Å². The molecule has 10 heteroatoms. The fraction of sp³-hybridized carbons (Fsp3) is 0.111. The van der Waals surface area contributed by atoms with Gasteiger partial charge in [0.15, 0.2) is 5.78 Å². The highest BCUT2D eigenvalue weighted by molar-refractivity contribution is 7.92. The standard InChI is InChI=1S/C36H31ClN2O6S/c1-24(40)35(41)33(38-36(42)31-23-27(37)20-21-32(31)39-46(43,44)29-12-6-3-7-13-29)22-25-16-18-26(19-17-25)30-14-8-9-15-34(30)45-28-10-4-2-5-11-28/h2-21,23-24,33,39-40H,22H2,1H3,(H,38,42)/t24?,33-/m0/s1. The molecule has 234 valence electrons. The molecule has 8 nitrogen and oxygen atoms in total. The second-order valence-electron chi connectivity index (χ2n) is 10.5. The number of carbonyl (C=O) groups excluding carboxylic acids is 2. The monoisotopic (exact) mass is 654 g/mol. The molecule has 0 aliphatic carbocycles. The number of amides is 1. The molecule has 3 N–H and O–H groups in total. The Balaban J connectivity index is 1.37. The van der Waals surface area contributed by atoms with Crippen molar-refractivity contribution >= 4 is 39.0 Å². The van der Waals surface area contributed by atoms with Gasteiger partial charge in [0.2, 0.25) is 0 Å². The number of benzene rings is 5. The fourth-order valence-corrected chi connectivity index (χ4v) is 6.09. The van der Waals surface area contributed by atoms with Gasteiger partial charge in [-0.25, -0.2) is 8.42 Å². The van der Waals surface area contributed by atoms with E-state index in [0.29, 0.717) is 11.5 Å². The largest absolute Gasteiger partial charge is 0.457 e. The van der Waals surface area contributed by atoms with Crippen molar-refractivity contribution in [3.05, 3.63) is 144 Å². The Bertz CT molecular complexity index is 1930. The van der Waals surface area contributed by atoms with E-state index in [1.54, 1.807) is 18.2 Å². The summed E-state index contributed by atoms with van der Waals surface area (Å²) >= 11 is 6.18. The van der Waals surface area contributed by atoms with E-state index in [9.17, 15) is 23.1 Å². The zero-order valence-electron chi connectivity index (χ0n) is 24.8. The maximum atomic E-state index is 13.5. The SMILES string of the molecule is CC(O)C(=O)[C@H](Cc1ccc(-c2ccccc2Oc2ccccc2)cc1)NC(=O)c1cc(Cl)ccc1NS(=O)(=O)c1ccccc1. The molecule has 0 aromatic heterocycles. The number of aliphatic hydroxyl groups is 1. The average Bonchev–Trinajstić information content (AvgIpc) is 3.06. The van der Waals surface area contributed by atoms with Crippen LogP contribution in [0.2, 0.25) is 5.02 Å². The first-order valence-corrected chi connectivity index (χ1v) is 16.3. The quantitative estimate of drug-likeness (QED) is 0.135. The fourth-order valence-electron chi connectivity index (χ4n) is 4.81. The summed E-state index contributed by atoms with van der Waals surface area (Å²) < 4.78 is 34.5. The Hall–Kier alpha value is -4.96. The number of nitrogens with one attached hydrogen (secondary N) is 2. The normalized spacial score (nSPS) is 12.5. The summed E-state index contributed by atoms with van der Waals surface area (Å²) in [6, 6.07) is 35.3. The summed E-state index contributed by atoms with van der Waals surface area (Å²) in [5.41, 5.74) is 2.37. The van der Waals surface area contributed by atoms with Crippen molar-refractivity contribution in [2.75, 3.05) is 4.72 Å². The maximum absolute atomic E-state index is 13.5. The second kappa shape index (κ2) is 14.4. The van der Waals surface area contributed by atoms with E-state index in [0.717, 1.165) is 16.7 Å². The number of hydrogen-bond acceptors (Lipinski definition) is 6. The van der Waals surface area contributed by atoms with Crippen LogP contribution in [0.25, 0.3) is 11.1 Å². The first-order chi connectivity index (χ1) is 22.1. The van der Waals surface area contributed by atoms with Gasteiger partial charge in [-0.05, 0) is 73.0 Å². The zero-order valence-corrected chi connectivity index (χ0v) is 26.3. The lowest BCUT2D eigenvalue weighted by molar-refractivity contribution is -0.128. The van der Waals surface area contributed by atoms with E-state index in [1.165, 1.54) is 37.3 Å². The topological polar surface area (TPSA) is 122 Å². The van der Waals surface area contributed by atoms with Gasteiger partial charge in [0.25, 0.3) is 15.9 Å². The van der Waals surface area contributed by atoms with Gasteiger partial charge in [-0.3, -0.25) is 14.3 Å². The van der Waals surface area contributed by atoms with Crippen LogP contribution in [0.15, 0.2) is 132 Å². The van der Waals surface area contributed by atoms with Gasteiger partial charge < -0.3 is 15.2 Å². The predicted molar refractivity (Wildman–Crippen MR) is 179 cm³/mol. The number of ether oxygens (including phenoxy) is 1. The van der Waals surface area contributed by atoms with Crippen molar-refractivity contribution < 1.29 is 27.9 Å². The maximum Gasteiger partial charge on any atom is 0.261 e. The number of halogens is 1. The van der Waals surface area contributed by atoms with Crippen LogP contribution < -0.4 is 14.8 Å². The van der Waals surface area contributed by atoms with E-state index in [4.69, 9.17) is 16.3 Å². The first-order valence-electron chi connectivity index (χ1n) is 14.4. The van der Waals surface area contributed by atoms with Crippen LogP contribution in [-0.4, -0.2) is 37.4 Å². The molecule has 0 saturated carbocycles. The van der Waals surface area contributed by atoms with E-state index >= 15 is 0 Å². The third-order valence-corrected chi connectivity index (χ3v) is 8.76. The number of para-hydroxylation sites is 2. The molecule has 0 aliphatic heterocycles. The summed E-state index contributed by atoms with van der Waals surface area (Å²) in [6.07, 6.45) is -1.29. The lowest BCUT2D eigenvalue weighted by atomic mass is 9.96. The van der Waals surface area contributed by atoms with Crippen molar-refractivity contribution in [1.82, 2.24) is 5.32 Å². The number of sulfonamides is 1. The van der Waals surface area contributed by atoms with E-state index in [-0.39, 0.29) is 27.6 Å². The van der Waals surface area contributed by atoms with Crippen LogP contribution >= 0.6 is 11.6 Å². The molecule has 2 atom stereocenters. The van der Waals surface area contributed by atoms with Crippen LogP contribution in [0.5, 0.6) is 11.5 Å². The Labute approximate surface area is 272 Å². The Kier molecular flexibility index (Phi) is 10.2. The van der Waals surface area contributed by atoms with Crippen LogP contribution in [0.1, 0.15) is 22.8 Å². The molecule has 0 bridgehead atoms. The molecule has 0 fully saturated rings. The van der Waals surface area contributed by atoms with Crippen LogP contribution in [0.4, 0.5) is 5.69 Å². The summed E-state index contributed by atoms with van der Waals surface area (Å²) in [6.45, 7) is 1.33. The molecular formula is C36H31ClN2O6S. The van der Waals surface area contributed by atoms with Gasteiger partial charge in [-0.15, -0.1) is 0 Å². The van der Waals surface area contributed by atoms with Gasteiger partial charge >= 0.3 is 0 Å². The molecule has 1 amide bonds. The van der Waals surface area contributed by atoms with Crippen molar-refractivity contribution in [1.29, 1.82) is 0 Å². The van der Waals surface area contributed by atoms with Crippen LogP contribution in [-0.2, 0) is 21.2 Å². The Morgan fingerprint density at radius 3 is 2.13 bits per heavy atom. The third-order valence-electron chi connectivity index (χ3n) is 7.15. The van der Waals surface area contributed by atoms with Gasteiger partial charge in [-0.2, -0.15) is 0 Å². The number of carbonyl (C=O) groups is 2. The van der Waals surface area contributed by atoms with Crippen molar-refractivity contribution in [2.24, 2.45) is 0 Å². The molecule has 5 aromatic carbocycles. The molecule has 1 unspecified atom stereocenters. The number of aliphatic hydroxyl groups excluding tert-OH is 1. The molecule has 5 aromatic rings. The smallest absolute Gasteiger partial charge is 0.261 e. The minimum absolute atomic E-state index is 0.0103. The summed E-state index contributed by atoms with van der Waals surface area (Å²) in [4.78, 5) is 26.6. The molecule has 5 rings (SSSR count). The van der Waals surface area contributed by atoms with E-state index < -0.39 is 33.9 Å². The highest BCUT2D eigenvalue weighted by atomic mass is 35.5. The molecule has 46 heavy (non-hydrogen) atoms. The highest BCUT2D eigenvalue weighted by Gasteiger charge is 2.27. The van der Waals surface area contributed by atoms with Gasteiger partial charge in [0.1, 0.15) is 17.6 Å². The molecular weight excluding hydrogens is 624 g/mol. The number of anilines is 1. The number of Topliss-reactive ketones (excluding diaryl/α,β-unsaturated/α-hetero) is 1. The van der Waals surface area contributed by atoms with Crippen molar-refractivity contribution in [3.63, 3.8) is 0 Å². The van der Waals surface area contributed by atoms with E-state index in [1.807, 2.05) is 78.9 Å². The number of rotatable bonds is 12. The molecule has 0 radical (unpaired) electrons. The van der Waals surface area contributed by atoms with Crippen LogP contribution in [0.3, 0.4) is 0 Å². The predicted octanol–water partition coefficient (Wildman–Crippen LogP) is 6.89. The molecule has 0 heterocycles. The first kappa shape index (κ1) is 32.4. The molecule has 0 saturated heterocycles. The highest BCUT2D eigenvalue weighted by Crippen LogP contribution is 2.33. The number of hydrogen-bond donors (Lipinski definition) is 3. The lowest BCUT2D eigenvalue weighted by Crippen LogP contribution is -2.46. The summed E-state index contributed by atoms with van der Waals surface area (Å²) in [5.74, 6) is 0.0388. The van der Waals surface area contributed by atoms with Crippen molar-refractivity contribution in [3.8, 4) is 22.6 Å². The van der Waals surface area contributed by atoms with Gasteiger partial charge in [-0.1, -0.05) is 90.5 Å². The average molecular weight is 655 g/mol. The Morgan fingerprint density at radius 2 is 1.46 bits per heavy atom. The van der Waals surface area contributed by atoms with Gasteiger partial charge in [0, 0.05) is 10.6 Å². The van der Waals surface area contributed by atoms with Crippen molar-refractivity contribution in [2.45, 2.75) is 30.4 Å². The molecule has 0 spiro atoms. The number of ketones is 1. The molecule has 0 aliphatic rings. The summed E-state index contributed by atoms with van der Waals surface area (Å²) in [5, 5.41) is 13.0. The summed E-state index contributed by atoms with van der Waals surface area (Å²) in [7, 11) is -4.03. The second-order valence-corrected chi connectivity index (χ2v) is 12.6.